The summed E-state index contributed by atoms with van der Waals surface area (Å²) in [6, 6.07) is 0.802. The molecule has 0 radical (unpaired) electrons. The molecule has 0 aromatic heterocycles. The highest BCUT2D eigenvalue weighted by Gasteiger charge is 2.28. The lowest BCUT2D eigenvalue weighted by atomic mass is 9.91. The predicted octanol–water partition coefficient (Wildman–Crippen LogP) is 1.96. The first kappa shape index (κ1) is 14.3. The highest BCUT2D eigenvalue weighted by Crippen LogP contribution is 2.25. The van der Waals surface area contributed by atoms with Gasteiger partial charge in [-0.1, -0.05) is 6.92 Å². The Kier molecular flexibility index (Phi) is 5.93. The molecule has 3 nitrogen and oxygen atoms in total. The number of hydrogen-bond acceptors (Lipinski definition) is 3. The number of hydrogen-bond donors (Lipinski definition) is 1. The Morgan fingerprint density at radius 3 is 2.72 bits per heavy atom. The topological polar surface area (TPSA) is 26.7 Å². The van der Waals surface area contributed by atoms with Gasteiger partial charge in [0.25, 0.3) is 0 Å². The first-order chi connectivity index (χ1) is 8.83. The monoisotopic (exact) mass is 254 g/mol. The molecule has 3 heteroatoms. The summed E-state index contributed by atoms with van der Waals surface area (Å²) in [4.78, 5) is 5.35. The van der Waals surface area contributed by atoms with Gasteiger partial charge in [-0.15, -0.1) is 0 Å². The Morgan fingerprint density at radius 2 is 1.94 bits per heavy atom. The molecule has 2 fully saturated rings. The summed E-state index contributed by atoms with van der Waals surface area (Å²) in [7, 11) is 0. The van der Waals surface area contributed by atoms with Crippen molar-refractivity contribution >= 4 is 0 Å². The Balaban J connectivity index is 1.80. The van der Waals surface area contributed by atoms with E-state index in [0.717, 1.165) is 18.4 Å². The number of rotatable bonds is 5. The molecule has 0 unspecified atom stereocenters. The highest BCUT2D eigenvalue weighted by atomic mass is 16.2. The van der Waals surface area contributed by atoms with Crippen LogP contribution < -0.4 is 0 Å². The molecule has 2 heterocycles. The number of piperidine rings is 2. The quantitative estimate of drug-likeness (QED) is 0.812. The lowest BCUT2D eigenvalue weighted by Crippen LogP contribution is -2.51. The van der Waals surface area contributed by atoms with E-state index in [-0.39, 0.29) is 0 Å². The average Bonchev–Trinajstić information content (AvgIpc) is 2.45. The third-order valence-corrected chi connectivity index (χ3v) is 4.77. The third kappa shape index (κ3) is 3.94. The van der Waals surface area contributed by atoms with Crippen LogP contribution in [0.4, 0.5) is 0 Å². The van der Waals surface area contributed by atoms with Gasteiger partial charge in [0, 0.05) is 25.7 Å². The van der Waals surface area contributed by atoms with Gasteiger partial charge in [0.15, 0.2) is 0 Å². The highest BCUT2D eigenvalue weighted by molar-refractivity contribution is 4.84. The second kappa shape index (κ2) is 7.46. The van der Waals surface area contributed by atoms with Crippen molar-refractivity contribution in [1.29, 1.82) is 0 Å². The van der Waals surface area contributed by atoms with Gasteiger partial charge in [0.2, 0.25) is 0 Å². The number of likely N-dealkylation sites (tertiary alicyclic amines) is 2. The minimum Gasteiger partial charge on any atom is -0.396 e. The Labute approximate surface area is 112 Å². The summed E-state index contributed by atoms with van der Waals surface area (Å²) >= 11 is 0. The van der Waals surface area contributed by atoms with Gasteiger partial charge in [-0.25, -0.2) is 0 Å². The molecule has 0 aliphatic carbocycles. The molecule has 18 heavy (non-hydrogen) atoms. The second-order valence-electron chi connectivity index (χ2n) is 6.06. The predicted molar refractivity (Wildman–Crippen MR) is 75.8 cm³/mol. The summed E-state index contributed by atoms with van der Waals surface area (Å²) in [6.45, 7) is 9.02. The van der Waals surface area contributed by atoms with Crippen molar-refractivity contribution in [3.8, 4) is 0 Å². The van der Waals surface area contributed by atoms with Crippen LogP contribution in [0.2, 0.25) is 0 Å². The van der Waals surface area contributed by atoms with Gasteiger partial charge in [-0.3, -0.25) is 4.90 Å². The first-order valence-corrected chi connectivity index (χ1v) is 7.90. The average molecular weight is 254 g/mol. The van der Waals surface area contributed by atoms with Crippen molar-refractivity contribution < 1.29 is 5.11 Å². The van der Waals surface area contributed by atoms with Crippen LogP contribution in [0.15, 0.2) is 0 Å². The van der Waals surface area contributed by atoms with Crippen molar-refractivity contribution in [1.82, 2.24) is 9.80 Å². The minimum absolute atomic E-state index is 0.365. The molecule has 0 saturated carbocycles. The first-order valence-electron chi connectivity index (χ1n) is 7.90. The van der Waals surface area contributed by atoms with Gasteiger partial charge < -0.3 is 10.0 Å². The molecule has 0 aromatic rings. The van der Waals surface area contributed by atoms with E-state index in [2.05, 4.69) is 16.7 Å². The van der Waals surface area contributed by atoms with Crippen molar-refractivity contribution in [3.63, 3.8) is 0 Å². The van der Waals surface area contributed by atoms with Gasteiger partial charge in [-0.2, -0.15) is 0 Å². The van der Waals surface area contributed by atoms with E-state index in [4.69, 9.17) is 5.11 Å². The fourth-order valence-corrected chi connectivity index (χ4v) is 3.66. The Morgan fingerprint density at radius 1 is 1.11 bits per heavy atom. The molecule has 2 atom stereocenters. The van der Waals surface area contributed by atoms with Crippen LogP contribution in [-0.2, 0) is 0 Å². The van der Waals surface area contributed by atoms with Crippen LogP contribution in [-0.4, -0.2) is 60.3 Å². The van der Waals surface area contributed by atoms with Crippen LogP contribution >= 0.6 is 0 Å². The van der Waals surface area contributed by atoms with E-state index >= 15 is 0 Å². The fourth-order valence-electron chi connectivity index (χ4n) is 3.66. The molecule has 0 spiro atoms. The van der Waals surface area contributed by atoms with Crippen LogP contribution in [0, 0.1) is 5.92 Å². The van der Waals surface area contributed by atoms with Crippen LogP contribution in [0.5, 0.6) is 0 Å². The number of nitrogens with zero attached hydrogens (tertiary/aromatic N) is 2. The largest absolute Gasteiger partial charge is 0.396 e. The van der Waals surface area contributed by atoms with E-state index in [1.165, 1.54) is 64.8 Å². The van der Waals surface area contributed by atoms with Crippen molar-refractivity contribution in [2.45, 2.75) is 51.5 Å². The smallest absolute Gasteiger partial charge is 0.0431 e. The number of likely N-dealkylation sites (N-methyl/N-ethyl adjacent to an activating group) is 1. The third-order valence-electron chi connectivity index (χ3n) is 4.77. The lowest BCUT2D eigenvalue weighted by molar-refractivity contribution is 0.0616. The molecule has 2 saturated heterocycles. The van der Waals surface area contributed by atoms with E-state index in [9.17, 15) is 0 Å². The zero-order valence-corrected chi connectivity index (χ0v) is 12.0. The molecule has 0 bridgehead atoms. The van der Waals surface area contributed by atoms with Crippen LogP contribution in [0.25, 0.3) is 0 Å². The summed E-state index contributed by atoms with van der Waals surface area (Å²) in [5.74, 6) is 0.836. The molecular formula is C15H30N2O. The summed E-state index contributed by atoms with van der Waals surface area (Å²) in [6.07, 6.45) is 7.71. The Bertz CT molecular complexity index is 235. The van der Waals surface area contributed by atoms with Gasteiger partial charge >= 0.3 is 0 Å². The zero-order chi connectivity index (χ0) is 12.8. The molecule has 2 rings (SSSR count). The molecule has 0 amide bonds. The second-order valence-corrected chi connectivity index (χ2v) is 6.06. The maximum Gasteiger partial charge on any atom is 0.0431 e. The molecule has 2 aliphatic heterocycles. The van der Waals surface area contributed by atoms with Gasteiger partial charge in [0.05, 0.1) is 0 Å². The minimum atomic E-state index is 0.365. The van der Waals surface area contributed by atoms with E-state index in [0.29, 0.717) is 6.61 Å². The zero-order valence-electron chi connectivity index (χ0n) is 12.0. The normalized spacial score (nSPS) is 31.7. The number of aliphatic hydroxyl groups is 1. The Hall–Kier alpha value is -0.120. The maximum atomic E-state index is 8.96. The van der Waals surface area contributed by atoms with Crippen molar-refractivity contribution in [2.24, 2.45) is 5.92 Å². The van der Waals surface area contributed by atoms with Gasteiger partial charge in [0.1, 0.15) is 0 Å². The maximum absolute atomic E-state index is 8.96. The molecule has 106 valence electrons. The molecule has 1 N–H and O–H groups in total. The summed E-state index contributed by atoms with van der Waals surface area (Å²) in [5, 5.41) is 8.96. The van der Waals surface area contributed by atoms with Crippen LogP contribution in [0.3, 0.4) is 0 Å². The summed E-state index contributed by atoms with van der Waals surface area (Å²) in [5.41, 5.74) is 0. The SMILES string of the molecule is CCN1CCC[C@@H](N2CCC[C@@H](CCCO)C2)C1. The standard InChI is InChI=1S/C15H30N2O/c1-2-16-9-4-8-15(13-16)17-10-3-6-14(12-17)7-5-11-18/h14-15,18H,2-13H2,1H3/t14-,15+/m0/s1. The van der Waals surface area contributed by atoms with E-state index < -0.39 is 0 Å². The fraction of sp³-hybridized carbons (Fsp3) is 1.00. The summed E-state index contributed by atoms with van der Waals surface area (Å²) < 4.78 is 0. The molecular weight excluding hydrogens is 224 g/mol. The van der Waals surface area contributed by atoms with Gasteiger partial charge in [-0.05, 0) is 64.1 Å². The van der Waals surface area contributed by atoms with E-state index in [1.54, 1.807) is 0 Å². The van der Waals surface area contributed by atoms with Crippen molar-refractivity contribution in [2.75, 3.05) is 39.3 Å². The lowest BCUT2D eigenvalue weighted by Gasteiger charge is -2.43. The molecule has 2 aliphatic rings. The molecule has 0 aromatic carbocycles. The van der Waals surface area contributed by atoms with E-state index in [1.807, 2.05) is 0 Å². The van der Waals surface area contributed by atoms with Crippen molar-refractivity contribution in [3.05, 3.63) is 0 Å². The number of aliphatic hydroxyl groups excluding tert-OH is 1. The van der Waals surface area contributed by atoms with Crippen LogP contribution in [0.1, 0.15) is 45.4 Å².